The monoisotopic (exact) mass is 268 g/mol. The molecule has 0 radical (unpaired) electrons. The van der Waals surface area contributed by atoms with Gasteiger partial charge in [-0.1, -0.05) is 25.3 Å². The standard InChI is InChI=1S/C13H17FN2O3/c14-9-5-4-7-11(13(9)16(18)19)15-10-6-2-1-3-8-12(10)17/h4-5,7,10,12,15,17H,1-3,6,8H2. The van der Waals surface area contributed by atoms with Crippen LogP contribution in [0.3, 0.4) is 0 Å². The summed E-state index contributed by atoms with van der Waals surface area (Å²) in [4.78, 5) is 10.2. The van der Waals surface area contributed by atoms with E-state index < -0.39 is 22.5 Å². The highest BCUT2D eigenvalue weighted by Crippen LogP contribution is 2.30. The zero-order valence-corrected chi connectivity index (χ0v) is 10.5. The van der Waals surface area contributed by atoms with E-state index in [2.05, 4.69) is 5.32 Å². The van der Waals surface area contributed by atoms with Crippen molar-refractivity contribution >= 4 is 11.4 Å². The lowest BCUT2D eigenvalue weighted by Gasteiger charge is -2.22. The van der Waals surface area contributed by atoms with Crippen LogP contribution in [0.15, 0.2) is 18.2 Å². The fourth-order valence-corrected chi connectivity index (χ4v) is 2.47. The van der Waals surface area contributed by atoms with Gasteiger partial charge in [-0.15, -0.1) is 0 Å². The van der Waals surface area contributed by atoms with Gasteiger partial charge in [0, 0.05) is 0 Å². The molecule has 5 nitrogen and oxygen atoms in total. The van der Waals surface area contributed by atoms with Crippen molar-refractivity contribution in [3.05, 3.63) is 34.1 Å². The molecule has 1 aliphatic rings. The van der Waals surface area contributed by atoms with Crippen LogP contribution in [-0.4, -0.2) is 22.2 Å². The summed E-state index contributed by atoms with van der Waals surface area (Å²) in [6.07, 6.45) is 3.80. The quantitative estimate of drug-likeness (QED) is 0.502. The van der Waals surface area contributed by atoms with Gasteiger partial charge in [-0.05, 0) is 25.0 Å². The van der Waals surface area contributed by atoms with E-state index in [4.69, 9.17) is 0 Å². The van der Waals surface area contributed by atoms with E-state index in [0.717, 1.165) is 31.7 Å². The Morgan fingerprint density at radius 2 is 2.05 bits per heavy atom. The molecule has 2 rings (SSSR count). The zero-order chi connectivity index (χ0) is 13.8. The summed E-state index contributed by atoms with van der Waals surface area (Å²) >= 11 is 0. The molecule has 0 heterocycles. The van der Waals surface area contributed by atoms with Crippen LogP contribution < -0.4 is 5.32 Å². The third-order valence-electron chi connectivity index (χ3n) is 3.49. The molecule has 0 saturated heterocycles. The summed E-state index contributed by atoms with van der Waals surface area (Å²) in [7, 11) is 0. The number of nitro groups is 1. The van der Waals surface area contributed by atoms with Crippen LogP contribution in [0.1, 0.15) is 32.1 Å². The van der Waals surface area contributed by atoms with Gasteiger partial charge in [0.05, 0.1) is 17.1 Å². The highest BCUT2D eigenvalue weighted by atomic mass is 19.1. The molecule has 1 fully saturated rings. The van der Waals surface area contributed by atoms with Crippen molar-refractivity contribution in [3.63, 3.8) is 0 Å². The van der Waals surface area contributed by atoms with E-state index in [-0.39, 0.29) is 11.7 Å². The average Bonchev–Trinajstić information content (AvgIpc) is 2.54. The number of anilines is 1. The maximum Gasteiger partial charge on any atom is 0.327 e. The molecule has 2 atom stereocenters. The van der Waals surface area contributed by atoms with Crippen LogP contribution in [0.2, 0.25) is 0 Å². The van der Waals surface area contributed by atoms with Crippen molar-refractivity contribution in [2.75, 3.05) is 5.32 Å². The number of hydrogen-bond acceptors (Lipinski definition) is 4. The number of para-hydroxylation sites is 1. The molecule has 104 valence electrons. The van der Waals surface area contributed by atoms with Gasteiger partial charge < -0.3 is 10.4 Å². The summed E-state index contributed by atoms with van der Waals surface area (Å²) in [5.74, 6) is -0.863. The first-order valence-corrected chi connectivity index (χ1v) is 6.47. The van der Waals surface area contributed by atoms with E-state index in [1.54, 1.807) is 0 Å². The molecule has 0 aliphatic heterocycles. The number of nitro benzene ring substituents is 1. The Morgan fingerprint density at radius 3 is 2.79 bits per heavy atom. The van der Waals surface area contributed by atoms with E-state index in [1.165, 1.54) is 12.1 Å². The van der Waals surface area contributed by atoms with Crippen molar-refractivity contribution in [2.24, 2.45) is 0 Å². The summed E-state index contributed by atoms with van der Waals surface area (Å²) in [6, 6.07) is 3.70. The number of benzene rings is 1. The van der Waals surface area contributed by atoms with Crippen molar-refractivity contribution in [2.45, 2.75) is 44.2 Å². The number of nitrogens with one attached hydrogen (secondary N) is 1. The van der Waals surface area contributed by atoms with Crippen LogP contribution in [0.25, 0.3) is 0 Å². The van der Waals surface area contributed by atoms with Crippen molar-refractivity contribution in [1.82, 2.24) is 0 Å². The minimum absolute atomic E-state index is 0.135. The highest BCUT2D eigenvalue weighted by Gasteiger charge is 2.26. The Hall–Kier alpha value is -1.69. The lowest BCUT2D eigenvalue weighted by Crippen LogP contribution is -2.32. The second-order valence-electron chi connectivity index (χ2n) is 4.85. The average molecular weight is 268 g/mol. The van der Waals surface area contributed by atoms with Gasteiger partial charge >= 0.3 is 5.69 Å². The van der Waals surface area contributed by atoms with Gasteiger partial charge in [0.2, 0.25) is 5.82 Å². The third-order valence-corrected chi connectivity index (χ3v) is 3.49. The number of hydrogen-bond donors (Lipinski definition) is 2. The lowest BCUT2D eigenvalue weighted by atomic mass is 10.1. The number of rotatable bonds is 3. The van der Waals surface area contributed by atoms with Crippen LogP contribution in [0.4, 0.5) is 15.8 Å². The molecule has 1 aromatic carbocycles. The number of aliphatic hydroxyl groups excluding tert-OH is 1. The second-order valence-corrected chi connectivity index (χ2v) is 4.85. The maximum atomic E-state index is 13.5. The molecule has 0 bridgehead atoms. The highest BCUT2D eigenvalue weighted by molar-refractivity contribution is 5.62. The molecule has 0 aromatic heterocycles. The van der Waals surface area contributed by atoms with Crippen LogP contribution in [0, 0.1) is 15.9 Å². The molecule has 1 aliphatic carbocycles. The molecule has 1 aromatic rings. The lowest BCUT2D eigenvalue weighted by molar-refractivity contribution is -0.386. The van der Waals surface area contributed by atoms with Gasteiger partial charge in [0.25, 0.3) is 0 Å². The summed E-state index contributed by atoms with van der Waals surface area (Å²) < 4.78 is 13.5. The van der Waals surface area contributed by atoms with Gasteiger partial charge in [-0.25, -0.2) is 0 Å². The first kappa shape index (κ1) is 13.7. The minimum Gasteiger partial charge on any atom is -0.391 e. The SMILES string of the molecule is O=[N+]([O-])c1c(F)cccc1NC1CCCCCC1O. The number of aliphatic hydroxyl groups is 1. The van der Waals surface area contributed by atoms with Crippen LogP contribution in [0.5, 0.6) is 0 Å². The first-order valence-electron chi connectivity index (χ1n) is 6.47. The fourth-order valence-electron chi connectivity index (χ4n) is 2.47. The van der Waals surface area contributed by atoms with E-state index >= 15 is 0 Å². The topological polar surface area (TPSA) is 75.4 Å². The van der Waals surface area contributed by atoms with Gasteiger partial charge in [-0.3, -0.25) is 10.1 Å². The predicted molar refractivity (Wildman–Crippen MR) is 69.6 cm³/mol. The van der Waals surface area contributed by atoms with E-state index in [9.17, 15) is 19.6 Å². The third kappa shape index (κ3) is 3.20. The molecule has 2 unspecified atom stereocenters. The minimum atomic E-state index is -0.863. The molecular weight excluding hydrogens is 251 g/mol. The van der Waals surface area contributed by atoms with Gasteiger partial charge in [-0.2, -0.15) is 4.39 Å². The largest absolute Gasteiger partial charge is 0.391 e. The van der Waals surface area contributed by atoms with Gasteiger partial charge in [0.1, 0.15) is 5.69 Å². The zero-order valence-electron chi connectivity index (χ0n) is 10.5. The number of nitrogens with zero attached hydrogens (tertiary/aromatic N) is 1. The molecule has 19 heavy (non-hydrogen) atoms. The summed E-state index contributed by atoms with van der Waals surface area (Å²) in [5, 5.41) is 23.8. The van der Waals surface area contributed by atoms with Crippen molar-refractivity contribution < 1.29 is 14.4 Å². The van der Waals surface area contributed by atoms with E-state index in [0.29, 0.717) is 6.42 Å². The van der Waals surface area contributed by atoms with Crippen LogP contribution in [-0.2, 0) is 0 Å². The Bertz CT molecular complexity index is 467. The Balaban J connectivity index is 2.22. The van der Waals surface area contributed by atoms with Crippen molar-refractivity contribution in [1.29, 1.82) is 0 Å². The smallest absolute Gasteiger partial charge is 0.327 e. The normalized spacial score (nSPS) is 23.7. The summed E-state index contributed by atoms with van der Waals surface area (Å²) in [6.45, 7) is 0. The predicted octanol–water partition coefficient (Wildman–Crippen LogP) is 2.84. The Labute approximate surface area is 110 Å². The maximum absolute atomic E-state index is 13.5. The Kier molecular flexibility index (Phi) is 4.31. The summed E-state index contributed by atoms with van der Waals surface area (Å²) in [5.41, 5.74) is -0.421. The van der Waals surface area contributed by atoms with E-state index in [1.807, 2.05) is 0 Å². The van der Waals surface area contributed by atoms with Crippen molar-refractivity contribution in [3.8, 4) is 0 Å². The first-order chi connectivity index (χ1) is 9.09. The molecule has 1 saturated carbocycles. The molecular formula is C13H17FN2O3. The number of halogens is 1. The van der Waals surface area contributed by atoms with Gasteiger partial charge in [0.15, 0.2) is 0 Å². The molecule has 6 heteroatoms. The molecule has 0 amide bonds. The molecule has 2 N–H and O–H groups in total. The second kappa shape index (κ2) is 5.97. The fraction of sp³-hybridized carbons (Fsp3) is 0.538. The molecule has 0 spiro atoms. The Morgan fingerprint density at radius 1 is 1.32 bits per heavy atom. The van der Waals surface area contributed by atoms with Crippen LogP contribution >= 0.6 is 0 Å².